The van der Waals surface area contributed by atoms with E-state index in [1.807, 2.05) is 42.5 Å². The molecule has 0 unspecified atom stereocenters. The second kappa shape index (κ2) is 10.8. The van der Waals surface area contributed by atoms with Gasteiger partial charge in [-0.05, 0) is 49.2 Å². The average molecular weight is 472 g/mol. The number of hydrogen-bond acceptors (Lipinski definition) is 7. The zero-order valence-corrected chi connectivity index (χ0v) is 20.0. The van der Waals surface area contributed by atoms with Crippen LogP contribution in [-0.2, 0) is 22.4 Å². The van der Waals surface area contributed by atoms with Crippen molar-refractivity contribution >= 4 is 5.78 Å². The van der Waals surface area contributed by atoms with Gasteiger partial charge in [-0.15, -0.1) is 0 Å². The third-order valence-corrected chi connectivity index (χ3v) is 5.96. The van der Waals surface area contributed by atoms with E-state index in [0.29, 0.717) is 36.8 Å². The summed E-state index contributed by atoms with van der Waals surface area (Å²) in [7, 11) is 0. The Morgan fingerprint density at radius 3 is 2.69 bits per heavy atom. The van der Waals surface area contributed by atoms with Crippen LogP contribution in [0.4, 0.5) is 0 Å². The van der Waals surface area contributed by atoms with Gasteiger partial charge in [0.2, 0.25) is 0 Å². The molecular weight excluding hydrogens is 442 g/mol. The minimum absolute atomic E-state index is 0.0573. The fourth-order valence-corrected chi connectivity index (χ4v) is 3.93. The van der Waals surface area contributed by atoms with Gasteiger partial charge in [0.25, 0.3) is 0 Å². The maximum Gasteiger partial charge on any atom is 0.168 e. The quantitative estimate of drug-likeness (QED) is 0.528. The fourth-order valence-electron chi connectivity index (χ4n) is 3.93. The molecule has 2 heterocycles. The smallest absolute Gasteiger partial charge is 0.168 e. The van der Waals surface area contributed by atoms with Crippen molar-refractivity contribution in [3.8, 4) is 23.1 Å². The van der Waals surface area contributed by atoms with E-state index in [4.69, 9.17) is 14.5 Å². The molecule has 0 bridgehead atoms. The van der Waals surface area contributed by atoms with Crippen LogP contribution in [0.15, 0.2) is 54.7 Å². The van der Waals surface area contributed by atoms with Crippen LogP contribution in [0, 0.1) is 11.3 Å². The summed E-state index contributed by atoms with van der Waals surface area (Å²) < 4.78 is 11.4. The average Bonchev–Trinajstić information content (AvgIpc) is 2.85. The highest BCUT2D eigenvalue weighted by atomic mass is 16.5. The minimum atomic E-state index is -1.36. The molecular formula is C28H29N3O4. The molecule has 1 aliphatic heterocycles. The number of Topliss-reactive ketones (excluding diaryl/α,β-unsaturated/α-hetero) is 1. The van der Waals surface area contributed by atoms with Crippen molar-refractivity contribution in [3.63, 3.8) is 0 Å². The molecule has 1 N–H and O–H groups in total. The molecule has 0 atom stereocenters. The number of ether oxygens (including phenoxy) is 2. The van der Waals surface area contributed by atoms with Crippen molar-refractivity contribution in [1.82, 2.24) is 9.97 Å². The standard InChI is InChI=1S/C28H29N3O4/c1-28(2,33)26(32)15-19-4-3-5-20(14-19)16-27-30-11-8-24(31-27)21-6-7-25(22(17-21)18-29)35-23-9-12-34-13-10-23/h3-8,11,14,17,23,33H,9-10,12-13,15-16H2,1-2H3. The summed E-state index contributed by atoms with van der Waals surface area (Å²) in [5.74, 6) is 0.981. The van der Waals surface area contributed by atoms with Crippen LogP contribution in [0.25, 0.3) is 11.3 Å². The Morgan fingerprint density at radius 2 is 1.94 bits per heavy atom. The summed E-state index contributed by atoms with van der Waals surface area (Å²) in [6.07, 6.45) is 4.05. The zero-order chi connectivity index (χ0) is 24.8. The predicted octanol–water partition coefficient (Wildman–Crippen LogP) is 4.05. The van der Waals surface area contributed by atoms with Gasteiger partial charge in [0.1, 0.15) is 29.3 Å². The van der Waals surface area contributed by atoms with E-state index in [1.165, 1.54) is 13.8 Å². The normalized spacial score (nSPS) is 14.3. The van der Waals surface area contributed by atoms with Crippen LogP contribution in [-0.4, -0.2) is 45.8 Å². The van der Waals surface area contributed by atoms with Gasteiger partial charge in [-0.2, -0.15) is 5.26 Å². The van der Waals surface area contributed by atoms with Crippen molar-refractivity contribution in [1.29, 1.82) is 5.26 Å². The molecule has 1 fully saturated rings. The van der Waals surface area contributed by atoms with Gasteiger partial charge in [0, 0.05) is 37.4 Å². The third kappa shape index (κ3) is 6.50. The first-order chi connectivity index (χ1) is 16.8. The van der Waals surface area contributed by atoms with Crippen molar-refractivity contribution in [3.05, 3.63) is 77.2 Å². The highest BCUT2D eigenvalue weighted by Crippen LogP contribution is 2.27. The summed E-state index contributed by atoms with van der Waals surface area (Å²) in [6.45, 7) is 4.35. The Hall–Kier alpha value is -3.60. The molecule has 7 heteroatoms. The molecule has 0 spiro atoms. The lowest BCUT2D eigenvalue weighted by atomic mass is 9.96. The van der Waals surface area contributed by atoms with Gasteiger partial charge in [-0.25, -0.2) is 9.97 Å². The molecule has 1 aromatic heterocycles. The Labute approximate surface area is 205 Å². The Bertz CT molecular complexity index is 1240. The molecule has 0 aliphatic carbocycles. The number of nitrogens with zero attached hydrogens (tertiary/aromatic N) is 3. The minimum Gasteiger partial charge on any atom is -0.489 e. The van der Waals surface area contributed by atoms with E-state index in [1.54, 1.807) is 12.3 Å². The van der Waals surface area contributed by atoms with E-state index in [0.717, 1.165) is 35.2 Å². The lowest BCUT2D eigenvalue weighted by Crippen LogP contribution is -2.32. The summed E-state index contributed by atoms with van der Waals surface area (Å²) in [5.41, 5.74) is 2.46. The number of carbonyl (C=O) groups is 1. The fraction of sp³-hybridized carbons (Fsp3) is 0.357. The molecule has 35 heavy (non-hydrogen) atoms. The van der Waals surface area contributed by atoms with Crippen molar-refractivity contribution in [2.24, 2.45) is 0 Å². The molecule has 0 amide bonds. The van der Waals surface area contributed by atoms with Crippen LogP contribution in [0.5, 0.6) is 5.75 Å². The molecule has 0 radical (unpaired) electrons. The molecule has 3 aromatic rings. The van der Waals surface area contributed by atoms with Gasteiger partial charge in [0.15, 0.2) is 5.78 Å². The number of aromatic nitrogens is 2. The number of aliphatic hydroxyl groups is 1. The molecule has 2 aromatic carbocycles. The molecule has 4 rings (SSSR count). The molecule has 0 saturated carbocycles. The second-order valence-corrected chi connectivity index (χ2v) is 9.27. The van der Waals surface area contributed by atoms with Crippen molar-refractivity contribution < 1.29 is 19.4 Å². The number of carbonyl (C=O) groups excluding carboxylic acids is 1. The lowest BCUT2D eigenvalue weighted by Gasteiger charge is -2.23. The maximum atomic E-state index is 12.2. The number of ketones is 1. The van der Waals surface area contributed by atoms with Gasteiger partial charge in [0.05, 0.1) is 24.5 Å². The highest BCUT2D eigenvalue weighted by Gasteiger charge is 2.23. The largest absolute Gasteiger partial charge is 0.489 e. The van der Waals surface area contributed by atoms with E-state index in [2.05, 4.69) is 11.1 Å². The van der Waals surface area contributed by atoms with Gasteiger partial charge in [-0.3, -0.25) is 4.79 Å². The van der Waals surface area contributed by atoms with E-state index < -0.39 is 5.60 Å². The van der Waals surface area contributed by atoms with Crippen LogP contribution in [0.2, 0.25) is 0 Å². The first-order valence-electron chi connectivity index (χ1n) is 11.8. The first-order valence-corrected chi connectivity index (χ1v) is 11.8. The first kappa shape index (κ1) is 24.5. The third-order valence-electron chi connectivity index (χ3n) is 5.96. The summed E-state index contributed by atoms with van der Waals surface area (Å²) in [6, 6.07) is 17.3. The zero-order valence-electron chi connectivity index (χ0n) is 20.0. The van der Waals surface area contributed by atoms with E-state index in [9.17, 15) is 15.2 Å². The van der Waals surface area contributed by atoms with Crippen LogP contribution in [0.3, 0.4) is 0 Å². The molecule has 1 aliphatic rings. The number of nitriles is 1. The maximum absolute atomic E-state index is 12.2. The summed E-state index contributed by atoms with van der Waals surface area (Å²) >= 11 is 0. The number of hydrogen-bond donors (Lipinski definition) is 1. The van der Waals surface area contributed by atoms with Crippen molar-refractivity contribution in [2.45, 2.75) is 51.2 Å². The highest BCUT2D eigenvalue weighted by molar-refractivity contribution is 5.88. The summed E-state index contributed by atoms with van der Waals surface area (Å²) in [5, 5.41) is 19.6. The van der Waals surface area contributed by atoms with E-state index in [-0.39, 0.29) is 18.3 Å². The topological polar surface area (TPSA) is 105 Å². The number of rotatable bonds is 8. The van der Waals surface area contributed by atoms with Crippen LogP contribution >= 0.6 is 0 Å². The van der Waals surface area contributed by atoms with Gasteiger partial charge in [-0.1, -0.05) is 24.3 Å². The number of benzene rings is 2. The van der Waals surface area contributed by atoms with Crippen molar-refractivity contribution in [2.75, 3.05) is 13.2 Å². The molecule has 180 valence electrons. The SMILES string of the molecule is CC(C)(O)C(=O)Cc1cccc(Cc2nccc(-c3ccc(OC4CCOCC4)c(C#N)c3)n2)c1. The summed E-state index contributed by atoms with van der Waals surface area (Å²) in [4.78, 5) is 21.3. The predicted molar refractivity (Wildman–Crippen MR) is 131 cm³/mol. The lowest BCUT2D eigenvalue weighted by molar-refractivity contribution is -0.133. The Kier molecular flexibility index (Phi) is 7.54. The van der Waals surface area contributed by atoms with Crippen LogP contribution in [0.1, 0.15) is 49.2 Å². The van der Waals surface area contributed by atoms with Gasteiger partial charge >= 0.3 is 0 Å². The Morgan fingerprint density at radius 1 is 1.17 bits per heavy atom. The van der Waals surface area contributed by atoms with Crippen LogP contribution < -0.4 is 4.74 Å². The second-order valence-electron chi connectivity index (χ2n) is 9.27. The van der Waals surface area contributed by atoms with Gasteiger partial charge < -0.3 is 14.6 Å². The monoisotopic (exact) mass is 471 g/mol. The molecule has 7 nitrogen and oxygen atoms in total. The van der Waals surface area contributed by atoms with E-state index >= 15 is 0 Å². The molecule has 1 saturated heterocycles. The Balaban J connectivity index is 1.50.